The second kappa shape index (κ2) is 10.6. The van der Waals surface area contributed by atoms with Gasteiger partial charge in [-0.2, -0.15) is 0 Å². The van der Waals surface area contributed by atoms with Gasteiger partial charge < -0.3 is 23.7 Å². The summed E-state index contributed by atoms with van der Waals surface area (Å²) in [5.41, 5.74) is 0.791. The van der Waals surface area contributed by atoms with Crippen LogP contribution in [0.15, 0.2) is 27.7 Å². The molecule has 1 aromatic carbocycles. The van der Waals surface area contributed by atoms with Gasteiger partial charge in [0.25, 0.3) is 0 Å². The number of likely N-dealkylation sites (N-methyl/N-ethyl adjacent to an activating group) is 1. The smallest absolute Gasteiger partial charge is 0.343 e. The van der Waals surface area contributed by atoms with Crippen LogP contribution in [0, 0.1) is 5.82 Å². The summed E-state index contributed by atoms with van der Waals surface area (Å²) in [5.74, 6) is -1.03. The first-order valence-electron chi connectivity index (χ1n) is 12.5. The predicted octanol–water partition coefficient (Wildman–Crippen LogP) is 4.72. The Morgan fingerprint density at radius 3 is 2.38 bits per heavy atom. The van der Waals surface area contributed by atoms with Crippen LogP contribution >= 0.6 is 11.6 Å². The monoisotopic (exact) mass is 535 g/mol. The van der Waals surface area contributed by atoms with Gasteiger partial charge in [-0.3, -0.25) is 10.1 Å². The molecule has 2 aliphatic rings. The lowest BCUT2D eigenvalue weighted by atomic mass is 10.0. The summed E-state index contributed by atoms with van der Waals surface area (Å²) in [7, 11) is 4.49. The number of fused-ring (bicyclic) bond motifs is 1. The molecular formula is C27H35ClFN3O5. The minimum atomic E-state index is -0.743. The number of methoxy groups -OCH3 is 2. The van der Waals surface area contributed by atoms with Crippen LogP contribution in [0.5, 0.6) is 5.75 Å². The van der Waals surface area contributed by atoms with Gasteiger partial charge in [0.15, 0.2) is 11.6 Å². The van der Waals surface area contributed by atoms with Crippen LogP contribution < -0.4 is 20.4 Å². The molecule has 1 N–H and O–H groups in total. The lowest BCUT2D eigenvalue weighted by Crippen LogP contribution is -2.38. The summed E-state index contributed by atoms with van der Waals surface area (Å²) in [6.45, 7) is 6.95. The molecule has 1 aromatic heterocycles. The van der Waals surface area contributed by atoms with Crippen molar-refractivity contribution in [3.8, 4) is 5.75 Å². The maximum atomic E-state index is 15.7. The number of anilines is 1. The van der Waals surface area contributed by atoms with Crippen molar-refractivity contribution < 1.29 is 23.4 Å². The van der Waals surface area contributed by atoms with Crippen molar-refractivity contribution in [3.63, 3.8) is 0 Å². The van der Waals surface area contributed by atoms with E-state index in [2.05, 4.69) is 5.32 Å². The molecule has 2 heterocycles. The van der Waals surface area contributed by atoms with E-state index in [9.17, 15) is 9.59 Å². The zero-order chi connectivity index (χ0) is 27.1. The summed E-state index contributed by atoms with van der Waals surface area (Å²) in [6.07, 6.45) is 4.14. The fourth-order valence-electron chi connectivity index (χ4n) is 4.84. The van der Waals surface area contributed by atoms with Crippen LogP contribution in [0.4, 0.5) is 10.1 Å². The van der Waals surface area contributed by atoms with Crippen molar-refractivity contribution in [1.29, 1.82) is 0 Å². The molecule has 1 aliphatic heterocycles. The average molecular weight is 536 g/mol. The van der Waals surface area contributed by atoms with E-state index in [1.807, 2.05) is 30.2 Å². The number of pyridine rings is 1. The van der Waals surface area contributed by atoms with E-state index in [0.717, 1.165) is 18.4 Å². The van der Waals surface area contributed by atoms with Crippen LogP contribution in [0.3, 0.4) is 0 Å². The minimum absolute atomic E-state index is 0.102. The van der Waals surface area contributed by atoms with Crippen LogP contribution in [-0.4, -0.2) is 56.7 Å². The first-order chi connectivity index (χ1) is 17.5. The molecule has 0 bridgehead atoms. The van der Waals surface area contributed by atoms with Gasteiger partial charge in [-0.25, -0.2) is 9.18 Å². The third-order valence-corrected chi connectivity index (χ3v) is 7.20. The van der Waals surface area contributed by atoms with E-state index < -0.39 is 23.4 Å². The number of carbonyl (C=O) groups is 1. The van der Waals surface area contributed by atoms with E-state index in [0.29, 0.717) is 42.2 Å². The van der Waals surface area contributed by atoms with E-state index in [1.54, 1.807) is 7.05 Å². The zero-order valence-corrected chi connectivity index (χ0v) is 23.0. The maximum absolute atomic E-state index is 15.7. The third-order valence-electron chi connectivity index (χ3n) is 6.73. The molecule has 2 aromatic rings. The number of piperidine rings is 1. The molecule has 0 spiro atoms. The molecular weight excluding hydrogens is 501 g/mol. The quantitative estimate of drug-likeness (QED) is 0.405. The first-order valence-corrected chi connectivity index (χ1v) is 12.9. The van der Waals surface area contributed by atoms with Crippen molar-refractivity contribution in [2.45, 2.75) is 64.3 Å². The Bertz CT molecular complexity index is 1290. The second-order valence-electron chi connectivity index (χ2n) is 10.5. The summed E-state index contributed by atoms with van der Waals surface area (Å²) in [6, 6.07) is 1.32. The summed E-state index contributed by atoms with van der Waals surface area (Å²) in [5, 5.41) is 3.85. The first kappa shape index (κ1) is 27.4. The van der Waals surface area contributed by atoms with Gasteiger partial charge in [0.2, 0.25) is 5.43 Å². The Labute approximate surface area is 221 Å². The van der Waals surface area contributed by atoms with Gasteiger partial charge in [0, 0.05) is 25.3 Å². The van der Waals surface area contributed by atoms with Crippen LogP contribution in [-0.2, 0) is 9.47 Å². The summed E-state index contributed by atoms with van der Waals surface area (Å²) in [4.78, 5) is 27.3. The van der Waals surface area contributed by atoms with E-state index in [1.165, 1.54) is 26.5 Å². The van der Waals surface area contributed by atoms with E-state index >= 15 is 4.39 Å². The highest BCUT2D eigenvalue weighted by Gasteiger charge is 2.32. The molecule has 0 amide bonds. The predicted molar refractivity (Wildman–Crippen MR) is 142 cm³/mol. The van der Waals surface area contributed by atoms with Crippen molar-refractivity contribution in [1.82, 2.24) is 9.88 Å². The van der Waals surface area contributed by atoms with Gasteiger partial charge in [-0.15, -0.1) is 0 Å². The Morgan fingerprint density at radius 2 is 1.86 bits per heavy atom. The van der Waals surface area contributed by atoms with E-state index in [4.69, 9.17) is 25.8 Å². The van der Waals surface area contributed by atoms with Crippen molar-refractivity contribution in [3.05, 3.63) is 44.5 Å². The number of benzene rings is 1. The van der Waals surface area contributed by atoms with Gasteiger partial charge in [-0.05, 0) is 65.1 Å². The number of nitrogens with one attached hydrogen (secondary N) is 1. The van der Waals surface area contributed by atoms with Gasteiger partial charge >= 0.3 is 5.97 Å². The Kier molecular flexibility index (Phi) is 7.88. The minimum Gasteiger partial charge on any atom is -0.492 e. The number of nitrogens with zero attached hydrogens (tertiary/aromatic N) is 2. The molecule has 1 saturated carbocycles. The molecule has 1 aliphatic carbocycles. The van der Waals surface area contributed by atoms with Gasteiger partial charge in [0.1, 0.15) is 17.5 Å². The third kappa shape index (κ3) is 5.49. The van der Waals surface area contributed by atoms with Gasteiger partial charge in [-0.1, -0.05) is 11.6 Å². The number of rotatable bonds is 7. The zero-order valence-electron chi connectivity index (χ0n) is 22.2. The molecule has 1 saturated heterocycles. The number of aromatic nitrogens is 1. The van der Waals surface area contributed by atoms with Gasteiger partial charge in [0.05, 0.1) is 35.8 Å². The molecule has 37 heavy (non-hydrogen) atoms. The Hall–Kier alpha value is -2.62. The Morgan fingerprint density at radius 1 is 1.22 bits per heavy atom. The standard InChI is InChI=1S/C27H35ClFN3O5/c1-27(2,3)37-25(30-4)20(28)15-9-11-31(12-10-15)22-19(29)13-17-21(24(22)35-5)32(16-7-8-16)14-18(23(17)33)26(34)36-6/h13-14,16,25,30H,7-12H2,1-6H3. The lowest BCUT2D eigenvalue weighted by Gasteiger charge is -2.34. The highest BCUT2D eigenvalue weighted by Crippen LogP contribution is 2.44. The fraction of sp³-hybridized carbons (Fsp3) is 0.556. The second-order valence-corrected chi connectivity index (χ2v) is 10.9. The molecule has 0 radical (unpaired) electrons. The molecule has 2 fully saturated rings. The van der Waals surface area contributed by atoms with Crippen molar-refractivity contribution >= 4 is 34.2 Å². The number of hydrogen-bond acceptors (Lipinski definition) is 7. The lowest BCUT2D eigenvalue weighted by molar-refractivity contribution is -0.0513. The number of carbonyl (C=O) groups excluding carboxylic acids is 1. The molecule has 1 atom stereocenters. The van der Waals surface area contributed by atoms with Crippen molar-refractivity contribution in [2.75, 3.05) is 39.3 Å². The molecule has 8 nitrogen and oxygen atoms in total. The highest BCUT2D eigenvalue weighted by molar-refractivity contribution is 6.30. The molecule has 1 unspecified atom stereocenters. The van der Waals surface area contributed by atoms with Crippen LogP contribution in [0.25, 0.3) is 10.9 Å². The SMILES string of the molecule is CNC(OC(C)(C)C)C(Cl)=C1CCN(c2c(F)cc3c(=O)c(C(=O)OC)cn(C4CC4)c3c2OC)CC1. The van der Waals surface area contributed by atoms with Crippen LogP contribution in [0.2, 0.25) is 0 Å². The molecule has 202 valence electrons. The topological polar surface area (TPSA) is 82.0 Å². The number of ether oxygens (including phenoxy) is 3. The number of esters is 1. The van der Waals surface area contributed by atoms with Crippen LogP contribution in [0.1, 0.15) is 62.9 Å². The van der Waals surface area contributed by atoms with Crippen molar-refractivity contribution in [2.24, 2.45) is 0 Å². The van der Waals surface area contributed by atoms with E-state index in [-0.39, 0.29) is 28.3 Å². The maximum Gasteiger partial charge on any atom is 0.343 e. The average Bonchev–Trinajstić information content (AvgIpc) is 3.71. The molecule has 10 heteroatoms. The normalized spacial score (nSPS) is 17.2. The number of halogens is 2. The fourth-order valence-corrected chi connectivity index (χ4v) is 5.19. The summed E-state index contributed by atoms with van der Waals surface area (Å²) < 4.78 is 34.1. The summed E-state index contributed by atoms with van der Waals surface area (Å²) >= 11 is 6.72. The largest absolute Gasteiger partial charge is 0.492 e. The number of hydrogen-bond donors (Lipinski definition) is 1. The molecule has 4 rings (SSSR count). The Balaban J connectivity index is 1.74. The highest BCUT2D eigenvalue weighted by atomic mass is 35.5.